The van der Waals surface area contributed by atoms with E-state index in [1.165, 1.54) is 61.6 Å². The van der Waals surface area contributed by atoms with Crippen molar-refractivity contribution < 1.29 is 0 Å². The molecule has 0 aliphatic heterocycles. The summed E-state index contributed by atoms with van der Waals surface area (Å²) >= 11 is 0. The van der Waals surface area contributed by atoms with E-state index in [-0.39, 0.29) is 0 Å². The van der Waals surface area contributed by atoms with Gasteiger partial charge in [0.2, 0.25) is 0 Å². The van der Waals surface area contributed by atoms with Gasteiger partial charge in [-0.05, 0) is 133 Å². The van der Waals surface area contributed by atoms with Gasteiger partial charge < -0.3 is 9.80 Å². The third-order valence-corrected chi connectivity index (χ3v) is 10.2. The molecule has 0 saturated heterocycles. The summed E-state index contributed by atoms with van der Waals surface area (Å²) in [5.41, 5.74) is 17.5. The van der Waals surface area contributed by atoms with Gasteiger partial charge in [-0.1, -0.05) is 118 Å². The van der Waals surface area contributed by atoms with Crippen molar-refractivity contribution in [3.63, 3.8) is 0 Å². The molecule has 254 valence electrons. The molecule has 0 N–H and O–H groups in total. The molecule has 0 radical (unpaired) electrons. The Morgan fingerprint density at radius 2 is 1.02 bits per heavy atom. The van der Waals surface area contributed by atoms with Crippen molar-refractivity contribution in [3.05, 3.63) is 179 Å². The van der Waals surface area contributed by atoms with Crippen LogP contribution in [-0.4, -0.2) is 0 Å². The minimum absolute atomic E-state index is 0.982. The van der Waals surface area contributed by atoms with E-state index < -0.39 is 0 Å². The van der Waals surface area contributed by atoms with Gasteiger partial charge in [-0.3, -0.25) is 0 Å². The lowest BCUT2D eigenvalue weighted by Gasteiger charge is -2.29. The summed E-state index contributed by atoms with van der Waals surface area (Å²) in [5.74, 6) is 0. The molecule has 1 aliphatic rings. The molecule has 51 heavy (non-hydrogen) atoms. The molecule has 0 spiro atoms. The predicted molar refractivity (Wildman–Crippen MR) is 221 cm³/mol. The summed E-state index contributed by atoms with van der Waals surface area (Å²) in [6.45, 7) is 8.75. The highest BCUT2D eigenvalue weighted by Crippen LogP contribution is 2.42. The third-order valence-electron chi connectivity index (χ3n) is 10.2. The Kier molecular flexibility index (Phi) is 10.3. The molecule has 6 aromatic carbocycles. The monoisotopic (exact) mass is 664 g/mol. The van der Waals surface area contributed by atoms with Gasteiger partial charge in [0.25, 0.3) is 0 Å². The first-order valence-corrected chi connectivity index (χ1v) is 18.6. The number of allylic oxidation sites excluding steroid dienone is 2. The average molecular weight is 665 g/mol. The Bertz CT molecular complexity index is 2130. The third kappa shape index (κ3) is 7.05. The zero-order valence-electron chi connectivity index (χ0n) is 30.4. The molecular weight excluding hydrogens is 617 g/mol. The highest BCUT2D eigenvalue weighted by atomic mass is 15.1. The lowest BCUT2D eigenvalue weighted by Crippen LogP contribution is -2.13. The number of benzene rings is 6. The van der Waals surface area contributed by atoms with Crippen molar-refractivity contribution in [2.24, 2.45) is 0 Å². The second-order valence-electron chi connectivity index (χ2n) is 13.3. The molecule has 2 heteroatoms. The fourth-order valence-electron chi connectivity index (χ4n) is 7.33. The standard InChI is InChI=1S/C49H48N2/c1-5-13-46-38(8-4)15-11-18-48(46)50(42-28-20-36(6-2)21-29-42)44-32-24-39(25-33-44)40-26-34-45(35-27-40)51(43-30-22-37(7-3)23-31-43)49-19-12-16-41-14-9-10-17-47(41)49/h5,10-13,15-35H,6-9,14H2,1-4H3/b13-5-. The molecule has 0 atom stereocenters. The fraction of sp³-hybridized carbons (Fsp3) is 0.184. The largest absolute Gasteiger partial charge is 0.310 e. The molecule has 0 amide bonds. The minimum atomic E-state index is 0.982. The van der Waals surface area contributed by atoms with E-state index in [4.69, 9.17) is 0 Å². The van der Waals surface area contributed by atoms with Gasteiger partial charge in [0.1, 0.15) is 0 Å². The summed E-state index contributed by atoms with van der Waals surface area (Å²) in [7, 11) is 0. The van der Waals surface area contributed by atoms with Crippen molar-refractivity contribution in [2.75, 3.05) is 9.80 Å². The molecule has 0 aromatic heterocycles. The minimum Gasteiger partial charge on any atom is -0.310 e. The van der Waals surface area contributed by atoms with Crippen LogP contribution in [0.1, 0.15) is 67.5 Å². The Labute approximate surface area is 305 Å². The molecule has 2 nitrogen and oxygen atoms in total. The van der Waals surface area contributed by atoms with E-state index in [0.29, 0.717) is 0 Å². The van der Waals surface area contributed by atoms with Crippen LogP contribution in [0.2, 0.25) is 0 Å². The van der Waals surface area contributed by atoms with Gasteiger partial charge in [-0.15, -0.1) is 0 Å². The Morgan fingerprint density at radius 1 is 0.529 bits per heavy atom. The van der Waals surface area contributed by atoms with Gasteiger partial charge in [-0.25, -0.2) is 0 Å². The smallest absolute Gasteiger partial charge is 0.0536 e. The van der Waals surface area contributed by atoms with Crippen LogP contribution in [-0.2, 0) is 25.7 Å². The summed E-state index contributed by atoms with van der Waals surface area (Å²) in [6, 6.07) is 49.6. The van der Waals surface area contributed by atoms with Crippen molar-refractivity contribution >= 4 is 46.3 Å². The number of fused-ring (bicyclic) bond motifs is 1. The average Bonchev–Trinajstić information content (AvgIpc) is 3.20. The first-order chi connectivity index (χ1) is 25.1. The molecule has 0 heterocycles. The van der Waals surface area contributed by atoms with Crippen LogP contribution in [0.4, 0.5) is 34.1 Å². The van der Waals surface area contributed by atoms with Crippen LogP contribution in [0.25, 0.3) is 23.3 Å². The maximum Gasteiger partial charge on any atom is 0.0536 e. The molecule has 0 fully saturated rings. The van der Waals surface area contributed by atoms with E-state index in [0.717, 1.165) is 49.2 Å². The van der Waals surface area contributed by atoms with Crippen molar-refractivity contribution in [1.82, 2.24) is 0 Å². The Morgan fingerprint density at radius 3 is 1.53 bits per heavy atom. The zero-order valence-corrected chi connectivity index (χ0v) is 30.4. The first kappa shape index (κ1) is 33.9. The first-order valence-electron chi connectivity index (χ1n) is 18.6. The van der Waals surface area contributed by atoms with Gasteiger partial charge in [-0.2, -0.15) is 0 Å². The number of anilines is 6. The highest BCUT2D eigenvalue weighted by molar-refractivity contribution is 5.86. The lowest BCUT2D eigenvalue weighted by molar-refractivity contribution is 0.983. The SMILES string of the molecule is C/C=C\c1c(CC)cccc1N(c1ccc(CC)cc1)c1ccc(-c2ccc(N(c3ccc(CC)cc3)c3cccc4c3C=CCC4)cc2)cc1. The quantitative estimate of drug-likeness (QED) is 0.136. The fourth-order valence-corrected chi connectivity index (χ4v) is 7.33. The van der Waals surface area contributed by atoms with Crippen LogP contribution in [0.3, 0.4) is 0 Å². The summed E-state index contributed by atoms with van der Waals surface area (Å²) < 4.78 is 0. The number of hydrogen-bond acceptors (Lipinski definition) is 2. The predicted octanol–water partition coefficient (Wildman–Crippen LogP) is 14.0. The van der Waals surface area contributed by atoms with Crippen LogP contribution < -0.4 is 9.80 Å². The molecule has 1 aliphatic carbocycles. The molecule has 0 bridgehead atoms. The van der Waals surface area contributed by atoms with Crippen molar-refractivity contribution in [2.45, 2.75) is 59.8 Å². The number of nitrogens with zero attached hydrogens (tertiary/aromatic N) is 2. The maximum atomic E-state index is 2.41. The van der Waals surface area contributed by atoms with Gasteiger partial charge in [0, 0.05) is 33.9 Å². The van der Waals surface area contributed by atoms with Crippen LogP contribution in [0, 0.1) is 0 Å². The Balaban J connectivity index is 1.25. The van der Waals surface area contributed by atoms with Crippen LogP contribution in [0.15, 0.2) is 146 Å². The van der Waals surface area contributed by atoms with Crippen LogP contribution >= 0.6 is 0 Å². The van der Waals surface area contributed by atoms with Crippen LogP contribution in [0.5, 0.6) is 0 Å². The van der Waals surface area contributed by atoms with Crippen molar-refractivity contribution in [3.8, 4) is 11.1 Å². The topological polar surface area (TPSA) is 6.48 Å². The number of aryl methyl sites for hydroxylation is 4. The number of rotatable bonds is 11. The summed E-state index contributed by atoms with van der Waals surface area (Å²) in [5, 5.41) is 0. The second-order valence-corrected chi connectivity index (χ2v) is 13.3. The molecule has 0 saturated carbocycles. The molecule has 6 aromatic rings. The highest BCUT2D eigenvalue weighted by Gasteiger charge is 2.20. The second kappa shape index (κ2) is 15.5. The molecule has 7 rings (SSSR count). The van der Waals surface area contributed by atoms with E-state index >= 15 is 0 Å². The van der Waals surface area contributed by atoms with Gasteiger partial charge in [0.15, 0.2) is 0 Å². The summed E-state index contributed by atoms with van der Waals surface area (Å²) in [4.78, 5) is 4.81. The van der Waals surface area contributed by atoms with Gasteiger partial charge >= 0.3 is 0 Å². The van der Waals surface area contributed by atoms with E-state index in [2.05, 4.69) is 195 Å². The summed E-state index contributed by atoms with van der Waals surface area (Å²) in [6.07, 6.45) is 14.2. The molecular formula is C49H48N2. The lowest BCUT2D eigenvalue weighted by atomic mass is 9.95. The van der Waals surface area contributed by atoms with E-state index in [9.17, 15) is 0 Å². The Hall–Kier alpha value is -5.60. The van der Waals surface area contributed by atoms with E-state index in [1.807, 2.05) is 0 Å². The number of hydrogen-bond donors (Lipinski definition) is 0. The van der Waals surface area contributed by atoms with Gasteiger partial charge in [0.05, 0.1) is 11.4 Å². The van der Waals surface area contributed by atoms with E-state index in [1.54, 1.807) is 0 Å². The maximum absolute atomic E-state index is 2.41. The zero-order chi connectivity index (χ0) is 35.2. The molecule has 0 unspecified atom stereocenters. The normalized spacial score (nSPS) is 12.2. The van der Waals surface area contributed by atoms with Crippen molar-refractivity contribution in [1.29, 1.82) is 0 Å².